The van der Waals surface area contributed by atoms with Crippen molar-refractivity contribution >= 4 is 34.4 Å². The third-order valence-electron chi connectivity index (χ3n) is 5.84. The monoisotopic (exact) mass is 472 g/mol. The lowest BCUT2D eigenvalue weighted by molar-refractivity contribution is -0.134. The number of methoxy groups -OCH3 is 1. The van der Waals surface area contributed by atoms with Crippen LogP contribution in [0.1, 0.15) is 19.8 Å². The van der Waals surface area contributed by atoms with Crippen LogP contribution in [-0.2, 0) is 9.53 Å². The molecule has 8 nitrogen and oxygen atoms in total. The molecule has 3 aromatic rings. The first-order valence-electron chi connectivity index (χ1n) is 10.7. The van der Waals surface area contributed by atoms with Gasteiger partial charge in [0.05, 0.1) is 18.3 Å². The maximum absolute atomic E-state index is 14.5. The Morgan fingerprint density at radius 2 is 2.27 bits per heavy atom. The van der Waals surface area contributed by atoms with E-state index in [1.165, 1.54) is 19.4 Å². The van der Waals surface area contributed by atoms with E-state index in [1.54, 1.807) is 18.5 Å². The van der Waals surface area contributed by atoms with Crippen molar-refractivity contribution in [3.63, 3.8) is 0 Å². The second-order valence-corrected chi connectivity index (χ2v) is 9.01. The smallest absolute Gasteiger partial charge is 0.330 e. The van der Waals surface area contributed by atoms with Crippen LogP contribution in [0, 0.1) is 11.2 Å². The molecule has 174 valence electrons. The molecular formula is C23H26ClFN6O2. The molecule has 33 heavy (non-hydrogen) atoms. The van der Waals surface area contributed by atoms with Crippen LogP contribution in [0.2, 0.25) is 5.02 Å². The number of nitrogens with one attached hydrogen (secondary N) is 2. The molecule has 0 radical (unpaired) electrons. The van der Waals surface area contributed by atoms with E-state index in [0.29, 0.717) is 35.1 Å². The fraction of sp³-hybridized carbons (Fsp3) is 0.391. The molecule has 0 aliphatic carbocycles. The molecule has 1 unspecified atom stereocenters. The van der Waals surface area contributed by atoms with E-state index in [0.717, 1.165) is 31.3 Å². The summed E-state index contributed by atoms with van der Waals surface area (Å²) in [5.74, 6) is -0.322. The third-order valence-corrected chi connectivity index (χ3v) is 6.05. The molecule has 1 saturated heterocycles. The van der Waals surface area contributed by atoms with Crippen LogP contribution in [0.15, 0.2) is 36.8 Å². The molecule has 4 heterocycles. The van der Waals surface area contributed by atoms with E-state index >= 15 is 0 Å². The van der Waals surface area contributed by atoms with Crippen molar-refractivity contribution in [3.05, 3.63) is 47.6 Å². The minimum absolute atomic E-state index is 0.0763. The minimum Gasteiger partial charge on any atom is -0.466 e. The molecule has 1 fully saturated rings. The molecule has 0 saturated carbocycles. The number of hydrogen-bond donors (Lipinski definition) is 2. The van der Waals surface area contributed by atoms with Gasteiger partial charge in [-0.3, -0.25) is 4.90 Å². The quantitative estimate of drug-likeness (QED) is 0.395. The summed E-state index contributed by atoms with van der Waals surface area (Å²) >= 11 is 6.09. The number of aromatic nitrogens is 4. The molecule has 1 aliphatic rings. The molecule has 4 rings (SSSR count). The van der Waals surface area contributed by atoms with E-state index in [9.17, 15) is 9.18 Å². The van der Waals surface area contributed by atoms with Crippen molar-refractivity contribution < 1.29 is 13.9 Å². The zero-order valence-corrected chi connectivity index (χ0v) is 19.3. The Kier molecular flexibility index (Phi) is 6.90. The van der Waals surface area contributed by atoms with Gasteiger partial charge in [-0.25, -0.2) is 24.1 Å². The van der Waals surface area contributed by atoms with Crippen LogP contribution in [0.4, 0.5) is 10.2 Å². The number of likely N-dealkylation sites (tertiary alicyclic amines) is 1. The second-order valence-electron chi connectivity index (χ2n) is 8.57. The molecule has 0 spiro atoms. The van der Waals surface area contributed by atoms with Crippen LogP contribution in [0.3, 0.4) is 0 Å². The number of H-pyrrole nitrogens is 1. The molecule has 2 N–H and O–H groups in total. The average Bonchev–Trinajstić information content (AvgIpc) is 3.21. The molecular weight excluding hydrogens is 447 g/mol. The molecule has 1 aliphatic heterocycles. The molecule has 1 atom stereocenters. The highest BCUT2D eigenvalue weighted by molar-refractivity contribution is 6.31. The summed E-state index contributed by atoms with van der Waals surface area (Å²) in [7, 11) is 1.36. The first kappa shape index (κ1) is 23.1. The van der Waals surface area contributed by atoms with E-state index in [1.807, 2.05) is 6.08 Å². The summed E-state index contributed by atoms with van der Waals surface area (Å²) in [5.41, 5.74) is 1.29. The third kappa shape index (κ3) is 5.48. The normalized spacial score (nSPS) is 19.3. The SMILES string of the molecule is COC(=O)C=CCN1CCCC(C)(CNc2nc(-c3c[nH]c4ncc(Cl)cc34)ncc2F)C1. The van der Waals surface area contributed by atoms with Gasteiger partial charge in [-0.05, 0) is 30.9 Å². The average molecular weight is 473 g/mol. The maximum Gasteiger partial charge on any atom is 0.330 e. The molecule has 3 aromatic heterocycles. The van der Waals surface area contributed by atoms with E-state index in [2.05, 4.69) is 41.8 Å². The van der Waals surface area contributed by atoms with E-state index < -0.39 is 5.82 Å². The van der Waals surface area contributed by atoms with Gasteiger partial charge in [0.15, 0.2) is 17.5 Å². The summed E-state index contributed by atoms with van der Waals surface area (Å²) < 4.78 is 19.2. The summed E-state index contributed by atoms with van der Waals surface area (Å²) in [4.78, 5) is 29.5. The van der Waals surface area contributed by atoms with Crippen molar-refractivity contribution in [1.29, 1.82) is 0 Å². The number of esters is 1. The Morgan fingerprint density at radius 1 is 1.42 bits per heavy atom. The fourth-order valence-electron chi connectivity index (χ4n) is 4.17. The van der Waals surface area contributed by atoms with Crippen LogP contribution in [0.25, 0.3) is 22.4 Å². The Balaban J connectivity index is 1.46. The number of anilines is 1. The highest BCUT2D eigenvalue weighted by Gasteiger charge is 2.31. The van der Waals surface area contributed by atoms with Crippen molar-refractivity contribution in [2.75, 3.05) is 38.6 Å². The fourth-order valence-corrected chi connectivity index (χ4v) is 4.33. The molecule has 10 heteroatoms. The lowest BCUT2D eigenvalue weighted by Gasteiger charge is -2.40. The zero-order chi connectivity index (χ0) is 23.4. The number of aromatic amines is 1. The van der Waals surface area contributed by atoms with E-state index in [4.69, 9.17) is 11.6 Å². The number of halogens is 2. The van der Waals surface area contributed by atoms with Gasteiger partial charge >= 0.3 is 5.97 Å². The van der Waals surface area contributed by atoms with Crippen LogP contribution in [-0.4, -0.2) is 64.1 Å². The number of ether oxygens (including phenoxy) is 1. The molecule has 0 bridgehead atoms. The van der Waals surface area contributed by atoms with Gasteiger partial charge in [0.1, 0.15) is 5.65 Å². The summed E-state index contributed by atoms with van der Waals surface area (Å²) in [5, 5.41) is 4.47. The van der Waals surface area contributed by atoms with Crippen molar-refractivity contribution in [2.24, 2.45) is 5.41 Å². The molecule has 0 amide bonds. The number of carbonyl (C=O) groups excluding carboxylic acids is 1. The topological polar surface area (TPSA) is 96.0 Å². The number of hydrogen-bond acceptors (Lipinski definition) is 7. The van der Waals surface area contributed by atoms with Gasteiger partial charge < -0.3 is 15.0 Å². The van der Waals surface area contributed by atoms with E-state index in [-0.39, 0.29) is 17.2 Å². The van der Waals surface area contributed by atoms with Gasteiger partial charge in [-0.2, -0.15) is 0 Å². The second kappa shape index (κ2) is 9.84. The predicted octanol–water partition coefficient (Wildman–Crippen LogP) is 4.06. The summed E-state index contributed by atoms with van der Waals surface area (Å²) in [6, 6.07) is 1.78. The van der Waals surface area contributed by atoms with Gasteiger partial charge in [0, 0.05) is 49.1 Å². The summed E-state index contributed by atoms with van der Waals surface area (Å²) in [6.45, 7) is 5.15. The van der Waals surface area contributed by atoms with Crippen LogP contribution >= 0.6 is 11.6 Å². The lowest BCUT2D eigenvalue weighted by Crippen LogP contribution is -2.45. The van der Waals surface area contributed by atoms with Gasteiger partial charge in [-0.1, -0.05) is 24.6 Å². The van der Waals surface area contributed by atoms with Gasteiger partial charge in [0.25, 0.3) is 0 Å². The van der Waals surface area contributed by atoms with Crippen molar-refractivity contribution in [3.8, 4) is 11.4 Å². The number of nitrogens with zero attached hydrogens (tertiary/aromatic N) is 4. The zero-order valence-electron chi connectivity index (χ0n) is 18.6. The largest absolute Gasteiger partial charge is 0.466 e. The van der Waals surface area contributed by atoms with Crippen LogP contribution < -0.4 is 5.32 Å². The van der Waals surface area contributed by atoms with Crippen LogP contribution in [0.5, 0.6) is 0 Å². The number of pyridine rings is 1. The first-order chi connectivity index (χ1) is 15.9. The highest BCUT2D eigenvalue weighted by Crippen LogP contribution is 2.31. The summed E-state index contributed by atoms with van der Waals surface area (Å²) in [6.07, 6.45) is 9.75. The van der Waals surface area contributed by atoms with Gasteiger partial charge in [0.2, 0.25) is 0 Å². The highest BCUT2D eigenvalue weighted by atomic mass is 35.5. The van der Waals surface area contributed by atoms with Gasteiger partial charge in [-0.15, -0.1) is 0 Å². The first-order valence-corrected chi connectivity index (χ1v) is 11.1. The number of fused-ring (bicyclic) bond motifs is 1. The lowest BCUT2D eigenvalue weighted by atomic mass is 9.81. The standard InChI is InChI=1S/C23H26ClFN6O2/c1-23(6-4-8-31(14-23)7-3-5-19(32)33-2)13-29-22-18(25)12-28-21(30-22)17-11-27-20-16(17)9-15(24)10-26-20/h3,5,9-12H,4,6-8,13-14H2,1-2H3,(H,26,27)(H,28,29,30). The minimum atomic E-state index is -0.507. The molecule has 0 aromatic carbocycles. The number of carbonyl (C=O) groups is 1. The Hall–Kier alpha value is -3.04. The maximum atomic E-state index is 14.5. The Bertz CT molecular complexity index is 1180. The predicted molar refractivity (Wildman–Crippen MR) is 126 cm³/mol. The number of rotatable bonds is 7. The van der Waals surface area contributed by atoms with Crippen molar-refractivity contribution in [1.82, 2.24) is 24.8 Å². The Morgan fingerprint density at radius 3 is 3.09 bits per heavy atom. The van der Waals surface area contributed by atoms with Crippen molar-refractivity contribution in [2.45, 2.75) is 19.8 Å². The Labute approximate surface area is 196 Å². The number of piperidine rings is 1.